The van der Waals surface area contributed by atoms with Crippen molar-refractivity contribution in [2.75, 3.05) is 7.11 Å². The van der Waals surface area contributed by atoms with Crippen molar-refractivity contribution in [3.05, 3.63) is 59.2 Å². The van der Waals surface area contributed by atoms with Crippen LogP contribution in [0.4, 0.5) is 0 Å². The molecule has 0 aliphatic rings. The molecular weight excluding hydrogens is 290 g/mol. The summed E-state index contributed by atoms with van der Waals surface area (Å²) in [5.74, 6) is 1.44. The Bertz CT molecular complexity index is 680. The average Bonchev–Trinajstić information content (AvgIpc) is 2.53. The second-order valence-electron chi connectivity index (χ2n) is 5.71. The van der Waals surface area contributed by atoms with E-state index in [4.69, 9.17) is 9.47 Å². The minimum atomic E-state index is -0.0974. The van der Waals surface area contributed by atoms with Gasteiger partial charge in [-0.1, -0.05) is 18.2 Å². The van der Waals surface area contributed by atoms with E-state index >= 15 is 0 Å². The minimum absolute atomic E-state index is 0.0938. The first kappa shape index (κ1) is 16.9. The van der Waals surface area contributed by atoms with Crippen LogP contribution in [-0.4, -0.2) is 19.1 Å². The second-order valence-corrected chi connectivity index (χ2v) is 5.71. The number of carbonyl (C=O) groups is 1. The quantitative estimate of drug-likeness (QED) is 0.884. The van der Waals surface area contributed by atoms with Crippen LogP contribution in [0.5, 0.6) is 11.5 Å². The van der Waals surface area contributed by atoms with Gasteiger partial charge >= 0.3 is 0 Å². The monoisotopic (exact) mass is 313 g/mol. The summed E-state index contributed by atoms with van der Waals surface area (Å²) < 4.78 is 11.2. The molecule has 0 aromatic heterocycles. The predicted octanol–water partition coefficient (Wildman–Crippen LogP) is 3.72. The fraction of sp³-hybridized carbons (Fsp3) is 0.316. The van der Waals surface area contributed by atoms with Crippen molar-refractivity contribution in [1.82, 2.24) is 5.32 Å². The molecular formula is C19H23NO3. The van der Waals surface area contributed by atoms with Crippen LogP contribution in [-0.2, 0) is 6.61 Å². The van der Waals surface area contributed by atoms with Gasteiger partial charge in [-0.3, -0.25) is 4.79 Å². The minimum Gasteiger partial charge on any atom is -0.496 e. The van der Waals surface area contributed by atoms with Gasteiger partial charge in [0.15, 0.2) is 0 Å². The molecule has 1 amide bonds. The van der Waals surface area contributed by atoms with Gasteiger partial charge in [0.2, 0.25) is 0 Å². The standard InChI is InChI=1S/C19H23NO3/c1-13(2)20-19(21)15-9-10-18(22-4)16(11-15)12-23-17-8-6-5-7-14(17)3/h5-11,13H,12H2,1-4H3,(H,20,21). The molecule has 0 atom stereocenters. The normalized spacial score (nSPS) is 10.5. The summed E-state index contributed by atoms with van der Waals surface area (Å²) in [6.07, 6.45) is 0. The molecule has 122 valence electrons. The smallest absolute Gasteiger partial charge is 0.251 e. The van der Waals surface area contributed by atoms with Gasteiger partial charge in [-0.15, -0.1) is 0 Å². The lowest BCUT2D eigenvalue weighted by Crippen LogP contribution is -2.30. The van der Waals surface area contributed by atoms with Crippen molar-refractivity contribution in [3.63, 3.8) is 0 Å². The fourth-order valence-electron chi connectivity index (χ4n) is 2.25. The molecule has 0 fully saturated rings. The Balaban J connectivity index is 2.19. The van der Waals surface area contributed by atoms with E-state index in [-0.39, 0.29) is 11.9 Å². The Labute approximate surface area is 137 Å². The molecule has 0 saturated heterocycles. The van der Waals surface area contributed by atoms with E-state index in [2.05, 4.69) is 5.32 Å². The third-order valence-corrected chi connectivity index (χ3v) is 3.44. The van der Waals surface area contributed by atoms with Crippen molar-refractivity contribution in [2.45, 2.75) is 33.4 Å². The van der Waals surface area contributed by atoms with Crippen molar-refractivity contribution < 1.29 is 14.3 Å². The Hall–Kier alpha value is -2.49. The summed E-state index contributed by atoms with van der Waals surface area (Å²) in [5, 5.41) is 2.89. The van der Waals surface area contributed by atoms with Gasteiger partial charge in [0, 0.05) is 17.2 Å². The van der Waals surface area contributed by atoms with Crippen molar-refractivity contribution in [3.8, 4) is 11.5 Å². The average molecular weight is 313 g/mol. The summed E-state index contributed by atoms with van der Waals surface area (Å²) in [5.41, 5.74) is 2.51. The van der Waals surface area contributed by atoms with E-state index in [1.807, 2.05) is 51.1 Å². The zero-order chi connectivity index (χ0) is 16.8. The van der Waals surface area contributed by atoms with E-state index in [0.717, 1.165) is 16.9 Å². The summed E-state index contributed by atoms with van der Waals surface area (Å²) in [6, 6.07) is 13.3. The van der Waals surface area contributed by atoms with E-state index in [1.54, 1.807) is 19.2 Å². The first-order valence-electron chi connectivity index (χ1n) is 7.67. The molecule has 0 aliphatic heterocycles. The summed E-state index contributed by atoms with van der Waals surface area (Å²) in [4.78, 5) is 12.1. The second kappa shape index (κ2) is 7.68. The molecule has 2 aromatic carbocycles. The molecule has 0 aliphatic carbocycles. The topological polar surface area (TPSA) is 47.6 Å². The third-order valence-electron chi connectivity index (χ3n) is 3.44. The highest BCUT2D eigenvalue weighted by Crippen LogP contribution is 2.24. The highest BCUT2D eigenvalue weighted by atomic mass is 16.5. The predicted molar refractivity (Wildman–Crippen MR) is 91.1 cm³/mol. The number of para-hydroxylation sites is 1. The van der Waals surface area contributed by atoms with E-state index in [9.17, 15) is 4.79 Å². The summed E-state index contributed by atoms with van der Waals surface area (Å²) >= 11 is 0. The molecule has 0 bridgehead atoms. The van der Waals surface area contributed by atoms with Gasteiger partial charge in [-0.05, 0) is 50.6 Å². The van der Waals surface area contributed by atoms with Crippen LogP contribution in [0.25, 0.3) is 0 Å². The number of benzene rings is 2. The highest BCUT2D eigenvalue weighted by Gasteiger charge is 2.12. The Kier molecular flexibility index (Phi) is 5.63. The van der Waals surface area contributed by atoms with E-state index in [0.29, 0.717) is 17.9 Å². The molecule has 0 unspecified atom stereocenters. The Morgan fingerprint density at radius 3 is 2.52 bits per heavy atom. The number of methoxy groups -OCH3 is 1. The SMILES string of the molecule is COc1ccc(C(=O)NC(C)C)cc1COc1ccccc1C. The zero-order valence-electron chi connectivity index (χ0n) is 14.1. The molecule has 23 heavy (non-hydrogen) atoms. The number of nitrogens with one attached hydrogen (secondary N) is 1. The van der Waals surface area contributed by atoms with Gasteiger partial charge < -0.3 is 14.8 Å². The van der Waals surface area contributed by atoms with Crippen molar-refractivity contribution >= 4 is 5.91 Å². The molecule has 0 spiro atoms. The van der Waals surface area contributed by atoms with Crippen molar-refractivity contribution in [2.24, 2.45) is 0 Å². The highest BCUT2D eigenvalue weighted by molar-refractivity contribution is 5.94. The summed E-state index contributed by atoms with van der Waals surface area (Å²) in [7, 11) is 1.61. The molecule has 0 heterocycles. The largest absolute Gasteiger partial charge is 0.496 e. The summed E-state index contributed by atoms with van der Waals surface area (Å²) in [6.45, 7) is 6.21. The Morgan fingerprint density at radius 2 is 1.87 bits per heavy atom. The van der Waals surface area contributed by atoms with Gasteiger partial charge in [-0.25, -0.2) is 0 Å². The van der Waals surface area contributed by atoms with E-state index < -0.39 is 0 Å². The van der Waals surface area contributed by atoms with Gasteiger partial charge in [0.1, 0.15) is 18.1 Å². The van der Waals surface area contributed by atoms with Gasteiger partial charge in [0.25, 0.3) is 5.91 Å². The molecule has 0 radical (unpaired) electrons. The molecule has 1 N–H and O–H groups in total. The van der Waals surface area contributed by atoms with Crippen LogP contribution < -0.4 is 14.8 Å². The van der Waals surface area contributed by atoms with Crippen LogP contribution in [0, 0.1) is 6.92 Å². The zero-order valence-corrected chi connectivity index (χ0v) is 14.1. The van der Waals surface area contributed by atoms with Crippen molar-refractivity contribution in [1.29, 1.82) is 0 Å². The molecule has 0 saturated carbocycles. The van der Waals surface area contributed by atoms with E-state index in [1.165, 1.54) is 0 Å². The number of carbonyl (C=O) groups excluding carboxylic acids is 1. The molecule has 4 heteroatoms. The third kappa shape index (κ3) is 4.49. The molecule has 2 aromatic rings. The lowest BCUT2D eigenvalue weighted by molar-refractivity contribution is 0.0943. The first-order valence-corrected chi connectivity index (χ1v) is 7.67. The van der Waals surface area contributed by atoms with Gasteiger partial charge in [-0.2, -0.15) is 0 Å². The van der Waals surface area contributed by atoms with Crippen LogP contribution in [0.3, 0.4) is 0 Å². The Morgan fingerprint density at radius 1 is 1.13 bits per heavy atom. The molecule has 4 nitrogen and oxygen atoms in total. The number of hydrogen-bond acceptors (Lipinski definition) is 3. The number of ether oxygens (including phenoxy) is 2. The van der Waals surface area contributed by atoms with Crippen LogP contribution in [0.1, 0.15) is 35.3 Å². The number of aryl methyl sites for hydroxylation is 1. The van der Waals surface area contributed by atoms with Gasteiger partial charge in [0.05, 0.1) is 7.11 Å². The first-order chi connectivity index (χ1) is 11.0. The maximum atomic E-state index is 12.1. The molecule has 2 rings (SSSR count). The lowest BCUT2D eigenvalue weighted by Gasteiger charge is -2.14. The number of amides is 1. The van der Waals surface area contributed by atoms with Crippen LogP contribution in [0.15, 0.2) is 42.5 Å². The maximum absolute atomic E-state index is 12.1. The number of rotatable bonds is 6. The fourth-order valence-corrected chi connectivity index (χ4v) is 2.25. The number of hydrogen-bond donors (Lipinski definition) is 1. The lowest BCUT2D eigenvalue weighted by atomic mass is 10.1. The maximum Gasteiger partial charge on any atom is 0.251 e. The van der Waals surface area contributed by atoms with Crippen LogP contribution >= 0.6 is 0 Å². The van der Waals surface area contributed by atoms with Crippen LogP contribution in [0.2, 0.25) is 0 Å².